The second-order valence-electron chi connectivity index (χ2n) is 8.80. The van der Waals surface area contributed by atoms with Gasteiger partial charge in [-0.05, 0) is 59.4 Å². The molecular formula is C26H44S2. The fraction of sp³-hybridized carbons (Fsp3) is 0.769. The van der Waals surface area contributed by atoms with E-state index >= 15 is 0 Å². The van der Waals surface area contributed by atoms with Crippen LogP contribution in [0.4, 0.5) is 0 Å². The van der Waals surface area contributed by atoms with Gasteiger partial charge in [0.15, 0.2) is 0 Å². The molecule has 2 heterocycles. The van der Waals surface area contributed by atoms with Crippen LogP contribution < -0.4 is 0 Å². The highest BCUT2D eigenvalue weighted by Crippen LogP contribution is 2.37. The molecule has 0 saturated carbocycles. The summed E-state index contributed by atoms with van der Waals surface area (Å²) >= 11 is 4.03. The number of hydrogen-bond donors (Lipinski definition) is 0. The van der Waals surface area contributed by atoms with Crippen molar-refractivity contribution < 1.29 is 0 Å². The molecule has 2 heteroatoms. The van der Waals surface area contributed by atoms with Gasteiger partial charge in [-0.3, -0.25) is 0 Å². The molecule has 0 N–H and O–H groups in total. The Labute approximate surface area is 183 Å². The Kier molecular flexibility index (Phi) is 11.8. The predicted molar refractivity (Wildman–Crippen MR) is 132 cm³/mol. The summed E-state index contributed by atoms with van der Waals surface area (Å²) in [4.78, 5) is 0. The minimum absolute atomic E-state index is 0.951. The number of rotatable bonds is 16. The van der Waals surface area contributed by atoms with Gasteiger partial charge >= 0.3 is 0 Å². The Hall–Kier alpha value is -0.340. The Bertz CT molecular complexity index is 580. The molecule has 0 aliphatic heterocycles. The maximum Gasteiger partial charge on any atom is 0.0485 e. The van der Waals surface area contributed by atoms with Gasteiger partial charge < -0.3 is 0 Å². The van der Waals surface area contributed by atoms with Crippen LogP contribution in [0.25, 0.3) is 9.40 Å². The summed E-state index contributed by atoms with van der Waals surface area (Å²) in [5, 5.41) is 4.93. The molecule has 0 aromatic carbocycles. The smallest absolute Gasteiger partial charge is 0.0485 e. The first-order valence-corrected chi connectivity index (χ1v) is 14.0. The molecule has 0 bridgehead atoms. The molecule has 0 saturated heterocycles. The zero-order valence-corrected chi connectivity index (χ0v) is 20.7. The van der Waals surface area contributed by atoms with E-state index in [4.69, 9.17) is 0 Å². The molecule has 0 aliphatic carbocycles. The van der Waals surface area contributed by atoms with Crippen LogP contribution in [0.15, 0.2) is 10.8 Å². The molecule has 0 spiro atoms. The van der Waals surface area contributed by atoms with Gasteiger partial charge in [0.1, 0.15) is 0 Å². The first-order chi connectivity index (χ1) is 13.7. The molecule has 0 amide bonds. The van der Waals surface area contributed by atoms with Crippen molar-refractivity contribution in [3.05, 3.63) is 21.9 Å². The van der Waals surface area contributed by atoms with Gasteiger partial charge in [-0.1, -0.05) is 91.9 Å². The van der Waals surface area contributed by atoms with Gasteiger partial charge in [-0.2, -0.15) is 0 Å². The fourth-order valence-electron chi connectivity index (χ4n) is 4.52. The van der Waals surface area contributed by atoms with Gasteiger partial charge in [0, 0.05) is 9.40 Å². The Morgan fingerprint density at radius 2 is 1.00 bits per heavy atom. The van der Waals surface area contributed by atoms with Gasteiger partial charge in [-0.25, -0.2) is 0 Å². The van der Waals surface area contributed by atoms with Gasteiger partial charge in [0.2, 0.25) is 0 Å². The lowest BCUT2D eigenvalue weighted by Crippen LogP contribution is -1.99. The van der Waals surface area contributed by atoms with E-state index in [0.29, 0.717) is 0 Å². The van der Waals surface area contributed by atoms with Crippen molar-refractivity contribution in [3.63, 3.8) is 0 Å². The molecule has 2 unspecified atom stereocenters. The third-order valence-electron chi connectivity index (χ3n) is 6.63. The van der Waals surface area contributed by atoms with E-state index in [1.54, 1.807) is 20.5 Å². The van der Waals surface area contributed by atoms with E-state index in [0.717, 1.165) is 11.8 Å². The zero-order valence-electron chi connectivity index (χ0n) is 19.0. The maximum absolute atomic E-state index is 2.47. The lowest BCUT2D eigenvalue weighted by Gasteiger charge is -2.13. The Balaban J connectivity index is 1.81. The van der Waals surface area contributed by atoms with Crippen molar-refractivity contribution in [1.82, 2.24) is 0 Å². The standard InChI is InChI=1S/C26H44S2/c1-5-9-13-21(7-3)15-11-17-23-19-27-26-24(20-28-25(23)26)18-12-16-22(8-4)14-10-6-2/h19-22H,5-18H2,1-4H3. The van der Waals surface area contributed by atoms with Crippen LogP contribution in [0.5, 0.6) is 0 Å². The minimum atomic E-state index is 0.951. The number of fused-ring (bicyclic) bond motifs is 1. The first-order valence-electron chi connectivity index (χ1n) is 12.2. The molecular weight excluding hydrogens is 376 g/mol. The monoisotopic (exact) mass is 420 g/mol. The van der Waals surface area contributed by atoms with Crippen LogP contribution in [0, 0.1) is 11.8 Å². The maximum atomic E-state index is 2.47. The predicted octanol–water partition coefficient (Wildman–Crippen LogP) is 10.0. The summed E-state index contributed by atoms with van der Waals surface area (Å²) in [7, 11) is 0. The molecule has 0 fully saturated rings. The third-order valence-corrected chi connectivity index (χ3v) is 8.97. The van der Waals surface area contributed by atoms with Gasteiger partial charge in [0.05, 0.1) is 0 Å². The summed E-state index contributed by atoms with van der Waals surface area (Å²) in [5.41, 5.74) is 3.27. The summed E-state index contributed by atoms with van der Waals surface area (Å²) in [6.07, 6.45) is 19.3. The van der Waals surface area contributed by atoms with E-state index in [-0.39, 0.29) is 0 Å². The number of hydrogen-bond acceptors (Lipinski definition) is 2. The summed E-state index contributed by atoms with van der Waals surface area (Å²) in [6, 6.07) is 0. The van der Waals surface area contributed by atoms with Crippen molar-refractivity contribution in [1.29, 1.82) is 0 Å². The quantitative estimate of drug-likeness (QED) is 0.253. The van der Waals surface area contributed by atoms with E-state index in [1.165, 1.54) is 89.9 Å². The zero-order chi connectivity index (χ0) is 20.2. The molecule has 0 radical (unpaired) electrons. The van der Waals surface area contributed by atoms with Gasteiger partial charge in [-0.15, -0.1) is 22.7 Å². The molecule has 0 aliphatic rings. The lowest BCUT2D eigenvalue weighted by molar-refractivity contribution is 0.410. The topological polar surface area (TPSA) is 0 Å². The second-order valence-corrected chi connectivity index (χ2v) is 10.6. The van der Waals surface area contributed by atoms with Crippen molar-refractivity contribution >= 4 is 32.1 Å². The van der Waals surface area contributed by atoms with E-state index < -0.39 is 0 Å². The summed E-state index contributed by atoms with van der Waals surface area (Å²) in [5.74, 6) is 1.90. The van der Waals surface area contributed by atoms with E-state index in [9.17, 15) is 0 Å². The molecule has 2 aromatic rings. The van der Waals surface area contributed by atoms with Crippen LogP contribution in [0.2, 0.25) is 0 Å². The third kappa shape index (κ3) is 7.48. The minimum Gasteiger partial charge on any atom is -0.142 e. The Morgan fingerprint density at radius 1 is 0.607 bits per heavy atom. The summed E-state index contributed by atoms with van der Waals surface area (Å²) in [6.45, 7) is 9.38. The van der Waals surface area contributed by atoms with Crippen LogP contribution in [0.3, 0.4) is 0 Å². The number of unbranched alkanes of at least 4 members (excludes halogenated alkanes) is 2. The fourth-order valence-corrected chi connectivity index (χ4v) is 7.05. The molecule has 28 heavy (non-hydrogen) atoms. The molecule has 2 rings (SSSR count). The van der Waals surface area contributed by atoms with Crippen LogP contribution in [-0.4, -0.2) is 0 Å². The molecule has 2 atom stereocenters. The average molecular weight is 421 g/mol. The van der Waals surface area contributed by atoms with Crippen LogP contribution >= 0.6 is 22.7 Å². The van der Waals surface area contributed by atoms with Crippen molar-refractivity contribution in [2.75, 3.05) is 0 Å². The van der Waals surface area contributed by atoms with Crippen LogP contribution in [-0.2, 0) is 12.8 Å². The lowest BCUT2D eigenvalue weighted by atomic mass is 9.92. The van der Waals surface area contributed by atoms with Gasteiger partial charge in [0.25, 0.3) is 0 Å². The van der Waals surface area contributed by atoms with Crippen LogP contribution in [0.1, 0.15) is 116 Å². The highest BCUT2D eigenvalue weighted by Gasteiger charge is 2.13. The van der Waals surface area contributed by atoms with Crippen molar-refractivity contribution in [3.8, 4) is 0 Å². The molecule has 0 nitrogen and oxygen atoms in total. The van der Waals surface area contributed by atoms with E-state index in [2.05, 4.69) is 38.5 Å². The largest absolute Gasteiger partial charge is 0.142 e. The summed E-state index contributed by atoms with van der Waals surface area (Å²) < 4.78 is 3.22. The molecule has 2 aromatic heterocycles. The number of thiophene rings is 2. The molecule has 160 valence electrons. The Morgan fingerprint density at radius 3 is 1.36 bits per heavy atom. The second kappa shape index (κ2) is 13.8. The highest BCUT2D eigenvalue weighted by molar-refractivity contribution is 7.26. The van der Waals surface area contributed by atoms with Crippen molar-refractivity contribution in [2.24, 2.45) is 11.8 Å². The van der Waals surface area contributed by atoms with E-state index in [1.807, 2.05) is 22.7 Å². The highest BCUT2D eigenvalue weighted by atomic mass is 32.1. The SMILES string of the molecule is CCCCC(CC)CCCc1csc2c(CCCC(CC)CCCC)csc12. The van der Waals surface area contributed by atoms with Crippen molar-refractivity contribution in [2.45, 2.75) is 118 Å². The average Bonchev–Trinajstić information content (AvgIpc) is 3.30. The normalized spacial score (nSPS) is 14.0. The first kappa shape index (κ1) is 23.9. The number of aryl methyl sites for hydroxylation is 2.